The largest absolute Gasteiger partial charge is 0.481 e. The van der Waals surface area contributed by atoms with Crippen LogP contribution in [0, 0.1) is 0 Å². The second-order valence-corrected chi connectivity index (χ2v) is 11.6. The molecule has 1 aromatic heterocycles. The Labute approximate surface area is 250 Å². The minimum absolute atomic E-state index is 0.0855. The Morgan fingerprint density at radius 3 is 2.46 bits per heavy atom. The number of hydrogen-bond acceptors (Lipinski definition) is 5. The molecule has 2 N–H and O–H groups in total. The normalized spacial score (nSPS) is 11.5. The van der Waals surface area contributed by atoms with Crippen molar-refractivity contribution >= 4 is 50.0 Å². The van der Waals surface area contributed by atoms with Crippen LogP contribution in [0.25, 0.3) is 22.4 Å². The molecule has 1 amide bonds. The summed E-state index contributed by atoms with van der Waals surface area (Å²) in [5, 5.41) is 14.4. The number of nitrogens with one attached hydrogen (secondary N) is 1. The monoisotopic (exact) mass is 623 g/mol. The standard InChI is InChI=1S/C33H26BrN3O3S/c34-26-10-6-22(7-11-26)30-20-41-33(36-30)37(27-12-8-23(9-13-27)32(40)35-16-15-31(38)39)19-21-5-14-29-25(17-21)18-24-3-1-2-4-28(24)29/h1-14,17,20H,15-16,18-19H2,(H,35,40)(H,38,39). The van der Waals surface area contributed by atoms with E-state index in [0.29, 0.717) is 12.1 Å². The molecule has 0 bridgehead atoms. The van der Waals surface area contributed by atoms with E-state index in [-0.39, 0.29) is 18.9 Å². The van der Waals surface area contributed by atoms with Crippen molar-refractivity contribution in [2.45, 2.75) is 19.4 Å². The van der Waals surface area contributed by atoms with Crippen molar-refractivity contribution in [1.29, 1.82) is 0 Å². The Morgan fingerprint density at radius 2 is 1.68 bits per heavy atom. The number of benzene rings is 4. The van der Waals surface area contributed by atoms with E-state index >= 15 is 0 Å². The number of aliphatic carboxylic acids is 1. The van der Waals surface area contributed by atoms with Gasteiger partial charge in [-0.2, -0.15) is 0 Å². The van der Waals surface area contributed by atoms with Crippen LogP contribution >= 0.6 is 27.3 Å². The summed E-state index contributed by atoms with van der Waals surface area (Å²) in [7, 11) is 0. The molecule has 0 saturated carbocycles. The highest BCUT2D eigenvalue weighted by atomic mass is 79.9. The van der Waals surface area contributed by atoms with E-state index in [1.807, 2.05) is 36.4 Å². The molecule has 0 fully saturated rings. The molecule has 204 valence electrons. The Hall–Kier alpha value is -4.27. The van der Waals surface area contributed by atoms with Gasteiger partial charge in [0.15, 0.2) is 5.13 Å². The van der Waals surface area contributed by atoms with Gasteiger partial charge in [0.2, 0.25) is 0 Å². The Bertz CT molecular complexity index is 1730. The third-order valence-electron chi connectivity index (χ3n) is 7.13. The molecule has 0 radical (unpaired) electrons. The van der Waals surface area contributed by atoms with Crippen LogP contribution in [0.3, 0.4) is 0 Å². The molecule has 0 atom stereocenters. The number of halogens is 1. The molecule has 4 aromatic carbocycles. The van der Waals surface area contributed by atoms with Crippen molar-refractivity contribution in [2.75, 3.05) is 11.4 Å². The molecule has 1 heterocycles. The molecular weight excluding hydrogens is 598 g/mol. The topological polar surface area (TPSA) is 82.5 Å². The minimum Gasteiger partial charge on any atom is -0.481 e. The number of carboxylic acids is 1. The number of hydrogen-bond donors (Lipinski definition) is 2. The highest BCUT2D eigenvalue weighted by Gasteiger charge is 2.20. The molecule has 0 aliphatic heterocycles. The van der Waals surface area contributed by atoms with E-state index in [9.17, 15) is 9.59 Å². The highest BCUT2D eigenvalue weighted by Crippen LogP contribution is 2.38. The van der Waals surface area contributed by atoms with Crippen molar-refractivity contribution in [3.8, 4) is 22.4 Å². The number of carboxylic acid groups (broad SMARTS) is 1. The number of aromatic nitrogens is 1. The fourth-order valence-corrected chi connectivity index (χ4v) is 6.19. The zero-order chi connectivity index (χ0) is 28.3. The first-order valence-corrected chi connectivity index (χ1v) is 14.9. The number of anilines is 2. The smallest absolute Gasteiger partial charge is 0.305 e. The van der Waals surface area contributed by atoms with Gasteiger partial charge in [-0.25, -0.2) is 4.98 Å². The van der Waals surface area contributed by atoms with E-state index in [0.717, 1.165) is 33.0 Å². The van der Waals surface area contributed by atoms with Crippen LogP contribution in [0.1, 0.15) is 33.5 Å². The Morgan fingerprint density at radius 1 is 0.927 bits per heavy atom. The van der Waals surface area contributed by atoms with Gasteiger partial charge in [0, 0.05) is 33.2 Å². The van der Waals surface area contributed by atoms with Gasteiger partial charge < -0.3 is 15.3 Å². The second kappa shape index (κ2) is 11.7. The van der Waals surface area contributed by atoms with E-state index < -0.39 is 5.97 Å². The van der Waals surface area contributed by atoms with Gasteiger partial charge >= 0.3 is 5.97 Å². The van der Waals surface area contributed by atoms with Gasteiger partial charge in [-0.1, -0.05) is 70.5 Å². The van der Waals surface area contributed by atoms with Gasteiger partial charge in [-0.3, -0.25) is 9.59 Å². The maximum atomic E-state index is 12.5. The fraction of sp³-hybridized carbons (Fsp3) is 0.121. The van der Waals surface area contributed by atoms with Gasteiger partial charge in [-0.05, 0) is 70.6 Å². The Balaban J connectivity index is 1.29. The summed E-state index contributed by atoms with van der Waals surface area (Å²) >= 11 is 5.08. The van der Waals surface area contributed by atoms with Crippen LogP contribution in [-0.4, -0.2) is 28.5 Å². The van der Waals surface area contributed by atoms with E-state index in [4.69, 9.17) is 10.1 Å². The van der Waals surface area contributed by atoms with Crippen molar-refractivity contribution < 1.29 is 14.7 Å². The molecular formula is C33H26BrN3O3S. The van der Waals surface area contributed by atoms with Crippen LogP contribution in [0.5, 0.6) is 0 Å². The fourth-order valence-electron chi connectivity index (χ4n) is 5.07. The lowest BCUT2D eigenvalue weighted by molar-refractivity contribution is -0.136. The minimum atomic E-state index is -0.947. The maximum Gasteiger partial charge on any atom is 0.305 e. The number of thiazole rings is 1. The van der Waals surface area contributed by atoms with Crippen molar-refractivity contribution in [1.82, 2.24) is 10.3 Å². The Kier molecular flexibility index (Phi) is 7.67. The molecule has 6 nitrogen and oxygen atoms in total. The third kappa shape index (κ3) is 5.94. The van der Waals surface area contributed by atoms with Crippen LogP contribution in [0.4, 0.5) is 10.8 Å². The molecule has 41 heavy (non-hydrogen) atoms. The first kappa shape index (κ1) is 26.9. The van der Waals surface area contributed by atoms with Gasteiger partial charge in [-0.15, -0.1) is 11.3 Å². The zero-order valence-corrected chi connectivity index (χ0v) is 24.4. The lowest BCUT2D eigenvalue weighted by atomic mass is 10.0. The molecule has 1 aliphatic carbocycles. The number of rotatable bonds is 9. The molecule has 1 aliphatic rings. The van der Waals surface area contributed by atoms with Crippen LogP contribution in [-0.2, 0) is 17.8 Å². The van der Waals surface area contributed by atoms with Crippen molar-refractivity contribution in [2.24, 2.45) is 0 Å². The molecule has 0 spiro atoms. The lowest BCUT2D eigenvalue weighted by Crippen LogP contribution is -2.26. The molecule has 5 aromatic rings. The van der Waals surface area contributed by atoms with Crippen molar-refractivity contribution in [3.05, 3.63) is 123 Å². The van der Waals surface area contributed by atoms with Gasteiger partial charge in [0.05, 0.1) is 18.7 Å². The zero-order valence-electron chi connectivity index (χ0n) is 22.0. The molecule has 8 heteroatoms. The molecule has 6 rings (SSSR count). The SMILES string of the molecule is O=C(O)CCNC(=O)c1ccc(N(Cc2ccc3c(c2)Cc2ccccc2-3)c2nc(-c3ccc(Br)cc3)cs2)cc1. The summed E-state index contributed by atoms with van der Waals surface area (Å²) in [6.45, 7) is 0.698. The van der Waals surface area contributed by atoms with Crippen molar-refractivity contribution in [3.63, 3.8) is 0 Å². The highest BCUT2D eigenvalue weighted by molar-refractivity contribution is 9.10. The summed E-state index contributed by atoms with van der Waals surface area (Å²) in [6.07, 6.45) is 0.810. The van der Waals surface area contributed by atoms with E-state index in [1.165, 1.54) is 27.8 Å². The number of carbonyl (C=O) groups is 2. The predicted octanol–water partition coefficient (Wildman–Crippen LogP) is 7.69. The van der Waals surface area contributed by atoms with Gasteiger partial charge in [0.25, 0.3) is 5.91 Å². The first-order chi connectivity index (χ1) is 19.9. The average Bonchev–Trinajstić information content (AvgIpc) is 3.61. The molecule has 0 saturated heterocycles. The third-order valence-corrected chi connectivity index (χ3v) is 8.52. The van der Waals surface area contributed by atoms with Crippen LogP contribution in [0.2, 0.25) is 0 Å². The summed E-state index contributed by atoms with van der Waals surface area (Å²) in [4.78, 5) is 30.5. The quantitative estimate of drug-likeness (QED) is 0.172. The second-order valence-electron chi connectivity index (χ2n) is 9.88. The number of amides is 1. The van der Waals surface area contributed by atoms with Crippen LogP contribution in [0.15, 0.2) is 101 Å². The average molecular weight is 625 g/mol. The first-order valence-electron chi connectivity index (χ1n) is 13.2. The lowest BCUT2D eigenvalue weighted by Gasteiger charge is -2.23. The maximum absolute atomic E-state index is 12.5. The summed E-state index contributed by atoms with van der Waals surface area (Å²) in [5.74, 6) is -1.24. The summed E-state index contributed by atoms with van der Waals surface area (Å²) < 4.78 is 1.02. The number of fused-ring (bicyclic) bond motifs is 3. The number of nitrogens with zero attached hydrogens (tertiary/aromatic N) is 2. The van der Waals surface area contributed by atoms with E-state index in [1.54, 1.807) is 23.5 Å². The van der Waals surface area contributed by atoms with Gasteiger partial charge in [0.1, 0.15) is 0 Å². The molecule has 0 unspecified atom stereocenters. The van der Waals surface area contributed by atoms with Crippen LogP contribution < -0.4 is 10.2 Å². The summed E-state index contributed by atoms with van der Waals surface area (Å²) in [6, 6.07) is 30.7. The summed E-state index contributed by atoms with van der Waals surface area (Å²) in [5.41, 5.74) is 9.78. The number of carbonyl (C=O) groups excluding carboxylic acids is 1. The van der Waals surface area contributed by atoms with E-state index in [2.05, 4.69) is 74.0 Å². The predicted molar refractivity (Wildman–Crippen MR) is 167 cm³/mol.